The molecule has 48 heavy (non-hydrogen) atoms. The number of benzene rings is 6. The molecule has 0 spiro atoms. The average Bonchev–Trinajstić information content (AvgIpc) is 3.45. The van der Waals surface area contributed by atoms with Crippen LogP contribution in [0, 0.1) is 11.8 Å². The molecular weight excluding hydrogens is 581 g/mol. The van der Waals surface area contributed by atoms with Crippen LogP contribution in [-0.4, -0.2) is 4.57 Å². The Morgan fingerprint density at radius 2 is 0.917 bits per heavy atom. The van der Waals surface area contributed by atoms with Crippen molar-refractivity contribution in [1.29, 1.82) is 0 Å². The van der Waals surface area contributed by atoms with E-state index in [0.29, 0.717) is 11.8 Å². The first-order valence-electron chi connectivity index (χ1n) is 17.6. The molecule has 0 aliphatic heterocycles. The van der Waals surface area contributed by atoms with Crippen LogP contribution in [0.5, 0.6) is 0 Å². The molecule has 0 N–H and O–H groups in total. The van der Waals surface area contributed by atoms with Crippen LogP contribution in [0.25, 0.3) is 38.6 Å². The summed E-state index contributed by atoms with van der Waals surface area (Å²) in [6, 6.07) is 53.7. The molecule has 0 atom stereocenters. The van der Waals surface area contributed by atoms with Gasteiger partial charge in [-0.05, 0) is 120 Å². The summed E-state index contributed by atoms with van der Waals surface area (Å²) in [5.41, 5.74) is 12.4. The van der Waals surface area contributed by atoms with Crippen LogP contribution in [0.2, 0.25) is 0 Å². The summed E-state index contributed by atoms with van der Waals surface area (Å²) in [6.45, 7) is 9.22. The minimum Gasteiger partial charge on any atom is -0.310 e. The highest BCUT2D eigenvalue weighted by molar-refractivity contribution is 6.09. The largest absolute Gasteiger partial charge is 0.310 e. The highest BCUT2D eigenvalue weighted by atomic mass is 15.1. The zero-order valence-corrected chi connectivity index (χ0v) is 28.7. The molecule has 0 saturated heterocycles. The van der Waals surface area contributed by atoms with Gasteiger partial charge in [-0.1, -0.05) is 113 Å². The van der Waals surface area contributed by atoms with E-state index in [1.165, 1.54) is 79.7 Å². The van der Waals surface area contributed by atoms with Gasteiger partial charge in [0.15, 0.2) is 0 Å². The zero-order chi connectivity index (χ0) is 33.0. The van der Waals surface area contributed by atoms with Gasteiger partial charge < -0.3 is 9.47 Å². The molecule has 1 heterocycles. The second kappa shape index (κ2) is 14.0. The molecule has 7 rings (SSSR count). The van der Waals surface area contributed by atoms with Crippen LogP contribution in [0.15, 0.2) is 146 Å². The number of nitrogens with zero attached hydrogens (tertiary/aromatic N) is 2. The molecule has 0 unspecified atom stereocenters. The Kier molecular flexibility index (Phi) is 9.16. The van der Waals surface area contributed by atoms with Crippen molar-refractivity contribution in [3.63, 3.8) is 0 Å². The second-order valence-corrected chi connectivity index (χ2v) is 14.0. The molecule has 0 aliphatic rings. The monoisotopic (exact) mass is 626 g/mol. The standard InChI is InChI=1S/C46H46N2/c1-33(2)19-21-35-11-9-13-41(31-35)47(42-14-10-12-36(32-42)22-20-34(3)4)39-27-23-37(24-28-39)38-25-29-40(30-26-38)48-45-17-7-5-15-43(45)44-16-6-8-18-46(44)48/h5-18,23-34H,19-22H2,1-4H3. The van der Waals surface area contributed by atoms with Gasteiger partial charge in [0, 0.05) is 33.5 Å². The molecule has 0 bridgehead atoms. The van der Waals surface area contributed by atoms with E-state index in [4.69, 9.17) is 0 Å². The molecule has 240 valence electrons. The lowest BCUT2D eigenvalue weighted by atomic mass is 10.0. The Balaban J connectivity index is 1.22. The highest BCUT2D eigenvalue weighted by Crippen LogP contribution is 2.37. The predicted molar refractivity (Wildman–Crippen MR) is 207 cm³/mol. The van der Waals surface area contributed by atoms with Crippen molar-refractivity contribution >= 4 is 38.9 Å². The molecule has 0 amide bonds. The van der Waals surface area contributed by atoms with Crippen molar-refractivity contribution in [2.75, 3.05) is 4.90 Å². The third-order valence-electron chi connectivity index (χ3n) is 9.52. The first kappa shape index (κ1) is 31.5. The van der Waals surface area contributed by atoms with E-state index in [-0.39, 0.29) is 0 Å². The maximum absolute atomic E-state index is 2.42. The number of hydrogen-bond donors (Lipinski definition) is 0. The Bertz CT molecular complexity index is 2020. The fourth-order valence-corrected chi connectivity index (χ4v) is 6.87. The number of fused-ring (bicyclic) bond motifs is 3. The molecule has 0 saturated carbocycles. The molecule has 0 radical (unpaired) electrons. The van der Waals surface area contributed by atoms with Crippen LogP contribution in [0.4, 0.5) is 17.1 Å². The first-order valence-corrected chi connectivity index (χ1v) is 17.6. The van der Waals surface area contributed by atoms with Gasteiger partial charge in [0.25, 0.3) is 0 Å². The normalized spacial score (nSPS) is 11.6. The number of anilines is 3. The maximum Gasteiger partial charge on any atom is 0.0541 e. The minimum absolute atomic E-state index is 0.686. The average molecular weight is 627 g/mol. The lowest BCUT2D eigenvalue weighted by molar-refractivity contribution is 0.586. The van der Waals surface area contributed by atoms with Gasteiger partial charge in [0.2, 0.25) is 0 Å². The van der Waals surface area contributed by atoms with Gasteiger partial charge in [-0.25, -0.2) is 0 Å². The molecule has 2 heteroatoms. The molecule has 0 aliphatic carbocycles. The van der Waals surface area contributed by atoms with E-state index in [1.54, 1.807) is 0 Å². The van der Waals surface area contributed by atoms with Gasteiger partial charge in [0.1, 0.15) is 0 Å². The van der Waals surface area contributed by atoms with Crippen LogP contribution >= 0.6 is 0 Å². The van der Waals surface area contributed by atoms with E-state index in [0.717, 1.165) is 12.8 Å². The lowest BCUT2D eigenvalue weighted by Crippen LogP contribution is -2.11. The minimum atomic E-state index is 0.686. The number of aromatic nitrogens is 1. The summed E-state index contributed by atoms with van der Waals surface area (Å²) in [6.07, 6.45) is 4.57. The van der Waals surface area contributed by atoms with Crippen molar-refractivity contribution < 1.29 is 0 Å². The summed E-state index contributed by atoms with van der Waals surface area (Å²) in [7, 11) is 0. The van der Waals surface area contributed by atoms with Crippen LogP contribution in [0.3, 0.4) is 0 Å². The Hall–Kier alpha value is -5.08. The van der Waals surface area contributed by atoms with Gasteiger partial charge in [-0.2, -0.15) is 0 Å². The second-order valence-electron chi connectivity index (χ2n) is 14.0. The van der Waals surface area contributed by atoms with Crippen molar-refractivity contribution in [3.05, 3.63) is 157 Å². The molecule has 1 aromatic heterocycles. The topological polar surface area (TPSA) is 8.17 Å². The summed E-state index contributed by atoms with van der Waals surface area (Å²) in [5.74, 6) is 1.37. The lowest BCUT2D eigenvalue weighted by Gasteiger charge is -2.27. The third kappa shape index (κ3) is 6.66. The van der Waals surface area contributed by atoms with Crippen molar-refractivity contribution in [2.24, 2.45) is 11.8 Å². The van der Waals surface area contributed by atoms with E-state index in [9.17, 15) is 0 Å². The molecule has 7 aromatic rings. The van der Waals surface area contributed by atoms with E-state index >= 15 is 0 Å². The summed E-state index contributed by atoms with van der Waals surface area (Å²) >= 11 is 0. The Morgan fingerprint density at radius 1 is 0.458 bits per heavy atom. The maximum atomic E-state index is 2.42. The molecule has 0 fully saturated rings. The fourth-order valence-electron chi connectivity index (χ4n) is 6.87. The van der Waals surface area contributed by atoms with Crippen molar-refractivity contribution in [2.45, 2.75) is 53.4 Å². The molecule has 6 aromatic carbocycles. The first-order chi connectivity index (χ1) is 23.4. The SMILES string of the molecule is CC(C)CCc1cccc(N(c2ccc(-c3ccc(-n4c5ccccc5c5ccccc54)cc3)cc2)c2cccc(CCC(C)C)c2)c1. The van der Waals surface area contributed by atoms with Crippen molar-refractivity contribution in [3.8, 4) is 16.8 Å². The van der Waals surface area contributed by atoms with E-state index in [1.807, 2.05) is 0 Å². The zero-order valence-electron chi connectivity index (χ0n) is 28.7. The van der Waals surface area contributed by atoms with Crippen LogP contribution < -0.4 is 4.90 Å². The molecule has 2 nitrogen and oxygen atoms in total. The van der Waals surface area contributed by atoms with Crippen LogP contribution in [0.1, 0.15) is 51.7 Å². The van der Waals surface area contributed by atoms with Gasteiger partial charge in [-0.15, -0.1) is 0 Å². The summed E-state index contributed by atoms with van der Waals surface area (Å²) in [4.78, 5) is 2.42. The highest BCUT2D eigenvalue weighted by Gasteiger charge is 2.15. The number of para-hydroxylation sites is 2. The Morgan fingerprint density at radius 3 is 1.40 bits per heavy atom. The smallest absolute Gasteiger partial charge is 0.0541 e. The number of aryl methyl sites for hydroxylation is 2. The van der Waals surface area contributed by atoms with E-state index in [2.05, 4.69) is 183 Å². The Labute approximate surface area is 286 Å². The van der Waals surface area contributed by atoms with Gasteiger partial charge in [0.05, 0.1) is 11.0 Å². The number of hydrogen-bond acceptors (Lipinski definition) is 1. The van der Waals surface area contributed by atoms with Crippen molar-refractivity contribution in [1.82, 2.24) is 4.57 Å². The predicted octanol–water partition coefficient (Wildman–Crippen LogP) is 13.1. The fraction of sp³-hybridized carbons (Fsp3) is 0.217. The number of rotatable bonds is 11. The third-order valence-corrected chi connectivity index (χ3v) is 9.52. The van der Waals surface area contributed by atoms with Crippen LogP contribution in [-0.2, 0) is 12.8 Å². The van der Waals surface area contributed by atoms with Gasteiger partial charge in [-0.3, -0.25) is 0 Å². The quantitative estimate of drug-likeness (QED) is 0.139. The van der Waals surface area contributed by atoms with Gasteiger partial charge >= 0.3 is 0 Å². The summed E-state index contributed by atoms with van der Waals surface area (Å²) < 4.78 is 2.37. The van der Waals surface area contributed by atoms with E-state index < -0.39 is 0 Å². The summed E-state index contributed by atoms with van der Waals surface area (Å²) in [5, 5.41) is 2.57. The molecular formula is C46H46N2.